The van der Waals surface area contributed by atoms with E-state index in [2.05, 4.69) is 20.1 Å². The molecule has 0 bridgehead atoms. The number of carbonyl (C=O) groups is 1. The summed E-state index contributed by atoms with van der Waals surface area (Å²) >= 11 is 1.48. The van der Waals surface area contributed by atoms with Gasteiger partial charge in [0.2, 0.25) is 10.0 Å². The number of hydrogen-bond donors (Lipinski definition) is 2. The molecule has 164 valence electrons. The van der Waals surface area contributed by atoms with E-state index < -0.39 is 10.0 Å². The van der Waals surface area contributed by atoms with Crippen LogP contribution in [0.25, 0.3) is 0 Å². The van der Waals surface area contributed by atoms with Crippen LogP contribution in [0.1, 0.15) is 26.8 Å². The first-order valence-corrected chi connectivity index (χ1v) is 12.2. The normalized spacial score (nSPS) is 12.4. The van der Waals surface area contributed by atoms with Crippen molar-refractivity contribution in [3.05, 3.63) is 101 Å². The van der Waals surface area contributed by atoms with Crippen LogP contribution in [-0.2, 0) is 23.1 Å². The number of sulfonamides is 1. The van der Waals surface area contributed by atoms with Gasteiger partial charge < -0.3 is 5.32 Å². The molecule has 0 saturated carbocycles. The van der Waals surface area contributed by atoms with Gasteiger partial charge in [-0.05, 0) is 41.3 Å². The highest BCUT2D eigenvalue weighted by Gasteiger charge is 2.19. The first-order valence-electron chi connectivity index (χ1n) is 9.81. The van der Waals surface area contributed by atoms with Gasteiger partial charge in [0.1, 0.15) is 12.7 Å². The van der Waals surface area contributed by atoms with E-state index in [1.54, 1.807) is 11.0 Å². The van der Waals surface area contributed by atoms with Gasteiger partial charge in [-0.15, -0.1) is 11.3 Å². The van der Waals surface area contributed by atoms with Gasteiger partial charge in [0, 0.05) is 17.0 Å². The third kappa shape index (κ3) is 5.47. The Hall–Kier alpha value is -3.34. The average molecular weight is 468 g/mol. The molecule has 0 aliphatic rings. The van der Waals surface area contributed by atoms with E-state index in [1.165, 1.54) is 41.9 Å². The predicted molar refractivity (Wildman–Crippen MR) is 121 cm³/mol. The minimum Gasteiger partial charge on any atom is -0.343 e. The zero-order chi connectivity index (χ0) is 22.4. The summed E-state index contributed by atoms with van der Waals surface area (Å²) in [6.45, 7) is 0.637. The first-order chi connectivity index (χ1) is 15.5. The molecule has 0 saturated heterocycles. The third-order valence-electron chi connectivity index (χ3n) is 4.79. The predicted octanol–water partition coefficient (Wildman–Crippen LogP) is 2.99. The van der Waals surface area contributed by atoms with Crippen molar-refractivity contribution < 1.29 is 13.2 Å². The Morgan fingerprint density at radius 3 is 2.47 bits per heavy atom. The van der Waals surface area contributed by atoms with Crippen molar-refractivity contribution >= 4 is 27.3 Å². The molecule has 10 heteroatoms. The minimum absolute atomic E-state index is 0.104. The van der Waals surface area contributed by atoms with Crippen LogP contribution in [0.5, 0.6) is 0 Å². The molecule has 2 heterocycles. The molecule has 0 aliphatic carbocycles. The van der Waals surface area contributed by atoms with Crippen LogP contribution in [0.2, 0.25) is 0 Å². The van der Waals surface area contributed by atoms with Gasteiger partial charge in [-0.3, -0.25) is 9.48 Å². The molecule has 1 atom stereocenters. The van der Waals surface area contributed by atoms with Crippen molar-refractivity contribution in [1.29, 1.82) is 0 Å². The summed E-state index contributed by atoms with van der Waals surface area (Å²) in [7, 11) is -3.67. The van der Waals surface area contributed by atoms with Crippen molar-refractivity contribution in [2.24, 2.45) is 0 Å². The van der Waals surface area contributed by atoms with Gasteiger partial charge in [-0.1, -0.05) is 36.4 Å². The fourth-order valence-corrected chi connectivity index (χ4v) is 4.87. The molecule has 4 rings (SSSR count). The van der Waals surface area contributed by atoms with Gasteiger partial charge in [-0.2, -0.15) is 5.10 Å². The van der Waals surface area contributed by atoms with Crippen molar-refractivity contribution in [2.45, 2.75) is 24.0 Å². The summed E-state index contributed by atoms with van der Waals surface area (Å²) in [5.74, 6) is -0.311. The molecule has 1 amide bonds. The maximum absolute atomic E-state index is 12.9. The molecule has 2 aromatic carbocycles. The maximum atomic E-state index is 12.9. The molecule has 2 aromatic heterocycles. The topological polar surface area (TPSA) is 106 Å². The number of rotatable bonds is 9. The average Bonchev–Trinajstić information content (AvgIpc) is 3.52. The Morgan fingerprint density at radius 2 is 1.81 bits per heavy atom. The van der Waals surface area contributed by atoms with Crippen molar-refractivity contribution in [3.63, 3.8) is 0 Å². The number of hydrogen-bond acceptors (Lipinski definition) is 6. The first kappa shape index (κ1) is 21.9. The Balaban J connectivity index is 1.46. The van der Waals surface area contributed by atoms with Crippen LogP contribution in [0.3, 0.4) is 0 Å². The largest absolute Gasteiger partial charge is 0.343 e. The molecular formula is C22H21N5O3S2. The maximum Gasteiger partial charge on any atom is 0.251 e. The van der Waals surface area contributed by atoms with Crippen LogP contribution in [0.4, 0.5) is 0 Å². The van der Waals surface area contributed by atoms with E-state index in [0.29, 0.717) is 12.1 Å². The fraction of sp³-hybridized carbons (Fsp3) is 0.136. The Morgan fingerprint density at radius 1 is 1.03 bits per heavy atom. The van der Waals surface area contributed by atoms with Gasteiger partial charge in [0.05, 0.1) is 17.5 Å². The Bertz CT molecular complexity index is 1240. The molecule has 8 nitrogen and oxygen atoms in total. The van der Waals surface area contributed by atoms with Crippen molar-refractivity contribution in [2.75, 3.05) is 0 Å². The van der Waals surface area contributed by atoms with Gasteiger partial charge in [0.15, 0.2) is 0 Å². The van der Waals surface area contributed by atoms with E-state index in [1.807, 2.05) is 47.8 Å². The number of thiophene rings is 1. The standard InChI is InChI=1S/C22H21N5O3S2/c28-22(26-21(14-27-16-23-15-24-27)17-5-2-1-3-6-17)18-8-10-20(11-9-18)32(29,30)25-13-19-7-4-12-31-19/h1-12,15-16,21,25H,13-14H2,(H,26,28). The van der Waals surface area contributed by atoms with Gasteiger partial charge in [-0.25, -0.2) is 18.1 Å². The molecule has 0 aliphatic heterocycles. The van der Waals surface area contributed by atoms with E-state index >= 15 is 0 Å². The molecule has 2 N–H and O–H groups in total. The third-order valence-corrected chi connectivity index (χ3v) is 7.08. The number of nitrogens with one attached hydrogen (secondary N) is 2. The lowest BCUT2D eigenvalue weighted by molar-refractivity contribution is 0.0931. The quantitative estimate of drug-likeness (QED) is 0.394. The highest BCUT2D eigenvalue weighted by Crippen LogP contribution is 2.17. The van der Waals surface area contributed by atoms with Crippen molar-refractivity contribution in [1.82, 2.24) is 24.8 Å². The monoisotopic (exact) mass is 467 g/mol. The molecule has 0 radical (unpaired) electrons. The highest BCUT2D eigenvalue weighted by atomic mass is 32.2. The fourth-order valence-electron chi connectivity index (χ4n) is 3.12. The van der Waals surface area contributed by atoms with E-state index in [0.717, 1.165) is 10.4 Å². The number of carbonyl (C=O) groups excluding carboxylic acids is 1. The SMILES string of the molecule is O=C(NC(Cn1cncn1)c1ccccc1)c1ccc(S(=O)(=O)NCc2cccs2)cc1. The van der Waals surface area contributed by atoms with Crippen LogP contribution in [0.15, 0.2) is 89.7 Å². The van der Waals surface area contributed by atoms with Crippen molar-refractivity contribution in [3.8, 4) is 0 Å². The smallest absolute Gasteiger partial charge is 0.251 e. The lowest BCUT2D eigenvalue weighted by Gasteiger charge is -2.19. The molecule has 0 fully saturated rings. The molecule has 4 aromatic rings. The van der Waals surface area contributed by atoms with Crippen LogP contribution in [0, 0.1) is 0 Å². The highest BCUT2D eigenvalue weighted by molar-refractivity contribution is 7.89. The Labute approximate surface area is 190 Å². The molecule has 1 unspecified atom stereocenters. The Kier molecular flexibility index (Phi) is 6.74. The molecule has 32 heavy (non-hydrogen) atoms. The van der Waals surface area contributed by atoms with Crippen LogP contribution in [-0.4, -0.2) is 29.1 Å². The van der Waals surface area contributed by atoms with Gasteiger partial charge in [0.25, 0.3) is 5.91 Å². The number of aromatic nitrogens is 3. The summed E-state index contributed by atoms with van der Waals surface area (Å²) < 4.78 is 29.3. The second-order valence-electron chi connectivity index (χ2n) is 6.98. The number of benzene rings is 2. The minimum atomic E-state index is -3.67. The number of nitrogens with zero attached hydrogens (tertiary/aromatic N) is 3. The second-order valence-corrected chi connectivity index (χ2v) is 9.78. The van der Waals surface area contributed by atoms with E-state index in [-0.39, 0.29) is 23.4 Å². The van der Waals surface area contributed by atoms with Gasteiger partial charge >= 0.3 is 0 Å². The number of amides is 1. The summed E-state index contributed by atoms with van der Waals surface area (Å²) in [5.41, 5.74) is 1.29. The lowest BCUT2D eigenvalue weighted by Crippen LogP contribution is -2.31. The molecule has 0 spiro atoms. The molecular weight excluding hydrogens is 446 g/mol. The van der Waals surface area contributed by atoms with Crippen LogP contribution >= 0.6 is 11.3 Å². The van der Waals surface area contributed by atoms with E-state index in [4.69, 9.17) is 0 Å². The summed E-state index contributed by atoms with van der Waals surface area (Å²) in [6, 6.07) is 18.8. The zero-order valence-electron chi connectivity index (χ0n) is 17.0. The lowest BCUT2D eigenvalue weighted by atomic mass is 10.1. The summed E-state index contributed by atoms with van der Waals surface area (Å²) in [6.07, 6.45) is 3.03. The summed E-state index contributed by atoms with van der Waals surface area (Å²) in [4.78, 5) is 17.9. The zero-order valence-corrected chi connectivity index (χ0v) is 18.6. The van der Waals surface area contributed by atoms with Crippen LogP contribution < -0.4 is 10.0 Å². The second kappa shape index (κ2) is 9.86. The van der Waals surface area contributed by atoms with E-state index in [9.17, 15) is 13.2 Å². The summed E-state index contributed by atoms with van der Waals surface area (Å²) in [5, 5.41) is 9.01.